The van der Waals surface area contributed by atoms with Gasteiger partial charge in [-0.05, 0) is 90.7 Å². The van der Waals surface area contributed by atoms with Gasteiger partial charge in [0.2, 0.25) is 0 Å². The number of rotatable bonds is 4. The maximum atomic E-state index is 7.22. The summed E-state index contributed by atoms with van der Waals surface area (Å²) in [6.07, 6.45) is 0. The highest BCUT2D eigenvalue weighted by atomic mass is 16.5. The lowest BCUT2D eigenvalue weighted by Gasteiger charge is -2.37. The molecular formula is C62H34B2N2O4. The van der Waals surface area contributed by atoms with Gasteiger partial charge < -0.3 is 28.1 Å². The molecule has 17 rings (SSSR count). The summed E-state index contributed by atoms with van der Waals surface area (Å²) in [5.41, 5.74) is 13.8. The van der Waals surface area contributed by atoms with E-state index >= 15 is 0 Å². The van der Waals surface area contributed by atoms with Gasteiger partial charge in [0.25, 0.3) is 13.4 Å². The van der Waals surface area contributed by atoms with Crippen LogP contribution >= 0.6 is 0 Å². The zero-order chi connectivity index (χ0) is 45.3. The highest BCUT2D eigenvalue weighted by Gasteiger charge is 2.46. The third kappa shape index (κ3) is 4.89. The second kappa shape index (κ2) is 13.3. The van der Waals surface area contributed by atoms with Crippen LogP contribution in [0.5, 0.6) is 46.0 Å². The Morgan fingerprint density at radius 1 is 0.314 bits per heavy atom. The Bertz CT molecular complexity index is 4250. The van der Waals surface area contributed by atoms with Crippen molar-refractivity contribution >= 4 is 111 Å². The summed E-state index contributed by atoms with van der Waals surface area (Å²) < 4.78 is 32.9. The summed E-state index contributed by atoms with van der Waals surface area (Å²) in [5.74, 6) is 6.01. The number of ether oxygens (including phenoxy) is 4. The fraction of sp³-hybridized carbons (Fsp3) is 0. The standard InChI is InChI=1S/C62H34B2N2O4/c1-3-13-37-27-39(25-23-35(37)11-1)67-41-29-53-59-57(31-41)69-55-34-56-50(33-49(55)63(59)47-19-9-17-45-43-15-5-7-21-51(43)65(53)61(45)47)64-48-20-10-18-46-44-16-6-8-22-52(44)66(62(46)48)54-30-42(32-58(70-56)60(54)64)68-40-26-24-36-12-2-4-14-38(36)28-40/h1-34H. The first-order valence-corrected chi connectivity index (χ1v) is 23.9. The van der Waals surface area contributed by atoms with Gasteiger partial charge in [0, 0.05) is 74.3 Å². The molecule has 11 aromatic carbocycles. The third-order valence-corrected chi connectivity index (χ3v) is 15.4. The van der Waals surface area contributed by atoms with Gasteiger partial charge in [-0.15, -0.1) is 0 Å². The molecule has 322 valence electrons. The average Bonchev–Trinajstić information content (AvgIpc) is 3.92. The van der Waals surface area contributed by atoms with E-state index in [2.05, 4.69) is 203 Å². The summed E-state index contributed by atoms with van der Waals surface area (Å²) in [6.45, 7) is -0.252. The van der Waals surface area contributed by atoms with Crippen molar-refractivity contribution in [3.63, 3.8) is 0 Å². The smallest absolute Gasteiger partial charge is 0.256 e. The van der Waals surface area contributed by atoms with Crippen molar-refractivity contribution in [3.05, 3.63) is 206 Å². The van der Waals surface area contributed by atoms with E-state index in [1.165, 1.54) is 54.3 Å². The number of hydrogen-bond acceptors (Lipinski definition) is 4. The first-order valence-electron chi connectivity index (χ1n) is 23.9. The van der Waals surface area contributed by atoms with Gasteiger partial charge in [-0.2, -0.15) is 0 Å². The Labute approximate surface area is 401 Å². The maximum absolute atomic E-state index is 7.22. The number of benzene rings is 11. The number of nitrogens with zero attached hydrogens (tertiary/aromatic N) is 2. The van der Waals surface area contributed by atoms with Gasteiger partial charge in [0.15, 0.2) is 0 Å². The molecule has 0 aliphatic carbocycles. The zero-order valence-corrected chi connectivity index (χ0v) is 37.3. The van der Waals surface area contributed by atoms with Gasteiger partial charge in [-0.25, -0.2) is 0 Å². The molecule has 0 fully saturated rings. The minimum absolute atomic E-state index is 0.126. The highest BCUT2D eigenvalue weighted by Crippen LogP contribution is 2.44. The summed E-state index contributed by atoms with van der Waals surface area (Å²) >= 11 is 0. The Morgan fingerprint density at radius 3 is 1.26 bits per heavy atom. The molecule has 4 aliphatic heterocycles. The minimum Gasteiger partial charge on any atom is -0.458 e. The summed E-state index contributed by atoms with van der Waals surface area (Å²) in [7, 11) is 0. The maximum Gasteiger partial charge on any atom is 0.256 e. The topological polar surface area (TPSA) is 46.8 Å². The minimum atomic E-state index is -0.126. The first kappa shape index (κ1) is 36.9. The van der Waals surface area contributed by atoms with Crippen molar-refractivity contribution in [1.82, 2.24) is 9.13 Å². The van der Waals surface area contributed by atoms with E-state index < -0.39 is 0 Å². The normalized spacial score (nSPS) is 13.3. The van der Waals surface area contributed by atoms with E-state index in [9.17, 15) is 0 Å². The largest absolute Gasteiger partial charge is 0.458 e. The molecule has 0 bridgehead atoms. The van der Waals surface area contributed by atoms with Gasteiger partial charge >= 0.3 is 0 Å². The molecule has 0 N–H and O–H groups in total. The molecule has 0 unspecified atom stereocenters. The van der Waals surface area contributed by atoms with Crippen LogP contribution in [0, 0.1) is 0 Å². The third-order valence-electron chi connectivity index (χ3n) is 15.4. The zero-order valence-electron chi connectivity index (χ0n) is 37.3. The van der Waals surface area contributed by atoms with Crippen molar-refractivity contribution in [2.24, 2.45) is 0 Å². The van der Waals surface area contributed by atoms with E-state index in [1.54, 1.807) is 0 Å². The van der Waals surface area contributed by atoms with E-state index in [0.29, 0.717) is 11.5 Å². The van der Waals surface area contributed by atoms with Crippen LogP contribution in [0.25, 0.3) is 76.5 Å². The second-order valence-electron chi connectivity index (χ2n) is 19.1. The molecule has 8 heteroatoms. The molecule has 70 heavy (non-hydrogen) atoms. The highest BCUT2D eigenvalue weighted by molar-refractivity contribution is 7.02. The fourth-order valence-corrected chi connectivity index (χ4v) is 12.6. The summed E-state index contributed by atoms with van der Waals surface area (Å²) in [6, 6.07) is 73.4. The van der Waals surface area contributed by atoms with Crippen molar-refractivity contribution in [2.75, 3.05) is 0 Å². The fourth-order valence-electron chi connectivity index (χ4n) is 12.6. The molecule has 2 aromatic heterocycles. The van der Waals surface area contributed by atoms with Crippen LogP contribution in [0.15, 0.2) is 206 Å². The molecule has 4 aliphatic rings. The van der Waals surface area contributed by atoms with E-state index in [1.807, 2.05) is 12.1 Å². The SMILES string of the molecule is c1ccc2cc(Oc3cc4c5c(c3)-n3c6ccccc6c6cccc(c63)B5c3cc5c(cc3O4)Oc3cc(Oc4ccc6ccccc6c4)cc4c3B5c3cccc5c6ccccc6n-4c35)ccc2c1. The molecule has 13 aromatic rings. The van der Waals surface area contributed by atoms with Crippen LogP contribution in [-0.4, -0.2) is 22.6 Å². The molecule has 6 heterocycles. The number of hydrogen-bond donors (Lipinski definition) is 0. The van der Waals surface area contributed by atoms with Crippen LogP contribution in [-0.2, 0) is 0 Å². The van der Waals surface area contributed by atoms with Crippen molar-refractivity contribution in [3.8, 4) is 57.4 Å². The molecule has 0 radical (unpaired) electrons. The van der Waals surface area contributed by atoms with Gasteiger partial charge in [-0.3, -0.25) is 0 Å². The monoisotopic (exact) mass is 892 g/mol. The predicted molar refractivity (Wildman–Crippen MR) is 286 cm³/mol. The lowest BCUT2D eigenvalue weighted by atomic mass is 9.31. The second-order valence-corrected chi connectivity index (χ2v) is 19.1. The molecule has 6 nitrogen and oxygen atoms in total. The van der Waals surface area contributed by atoms with Gasteiger partial charge in [-0.1, -0.05) is 140 Å². The molecule has 0 amide bonds. The van der Waals surface area contributed by atoms with Crippen LogP contribution in [0.1, 0.15) is 0 Å². The van der Waals surface area contributed by atoms with Crippen LogP contribution in [0.4, 0.5) is 0 Å². The number of fused-ring (bicyclic) bond motifs is 16. The Kier molecular flexibility index (Phi) is 7.02. The van der Waals surface area contributed by atoms with Crippen molar-refractivity contribution < 1.29 is 18.9 Å². The van der Waals surface area contributed by atoms with Crippen LogP contribution < -0.4 is 51.7 Å². The molecule has 0 atom stereocenters. The van der Waals surface area contributed by atoms with E-state index in [0.717, 1.165) is 89.5 Å². The average molecular weight is 893 g/mol. The quantitative estimate of drug-likeness (QED) is 0.165. The summed E-state index contributed by atoms with van der Waals surface area (Å²) in [4.78, 5) is 0. The van der Waals surface area contributed by atoms with Crippen LogP contribution in [0.2, 0.25) is 0 Å². The Morgan fingerprint density at radius 2 is 0.757 bits per heavy atom. The molecule has 0 saturated carbocycles. The lowest BCUT2D eigenvalue weighted by molar-refractivity contribution is 0.451. The van der Waals surface area contributed by atoms with Crippen LogP contribution in [0.3, 0.4) is 0 Å². The van der Waals surface area contributed by atoms with E-state index in [4.69, 9.17) is 18.9 Å². The predicted octanol–water partition coefficient (Wildman–Crippen LogP) is 11.6. The molecule has 0 spiro atoms. The Balaban J connectivity index is 0.892. The lowest BCUT2D eigenvalue weighted by Crippen LogP contribution is -2.62. The number of para-hydroxylation sites is 4. The van der Waals surface area contributed by atoms with E-state index in [-0.39, 0.29) is 13.4 Å². The molecule has 0 saturated heterocycles. The summed E-state index contributed by atoms with van der Waals surface area (Å²) in [5, 5.41) is 9.46. The molecular weight excluding hydrogens is 858 g/mol. The van der Waals surface area contributed by atoms with Gasteiger partial charge in [0.1, 0.15) is 46.0 Å². The Hall–Kier alpha value is -9.13. The number of aromatic nitrogens is 2. The first-order chi connectivity index (χ1) is 34.7. The van der Waals surface area contributed by atoms with Gasteiger partial charge in [0.05, 0.1) is 11.0 Å². The van der Waals surface area contributed by atoms with Crippen molar-refractivity contribution in [1.29, 1.82) is 0 Å². The van der Waals surface area contributed by atoms with Crippen molar-refractivity contribution in [2.45, 2.75) is 0 Å².